The maximum absolute atomic E-state index is 13.5. The summed E-state index contributed by atoms with van der Waals surface area (Å²) in [6, 6.07) is 26.4. The number of hydrogen-bond donors (Lipinski definition) is 1. The first-order valence-electron chi connectivity index (χ1n) is 11.6. The molecule has 0 aliphatic rings. The Bertz CT molecular complexity index is 1060. The molecular formula is C29H34N2O3. The van der Waals surface area contributed by atoms with Gasteiger partial charge in [-0.1, -0.05) is 78.4 Å². The Morgan fingerprint density at radius 3 is 1.97 bits per heavy atom. The van der Waals surface area contributed by atoms with Gasteiger partial charge in [-0.3, -0.25) is 9.59 Å². The molecule has 0 heterocycles. The van der Waals surface area contributed by atoms with Gasteiger partial charge in [-0.15, -0.1) is 0 Å². The van der Waals surface area contributed by atoms with Crippen LogP contribution in [-0.2, 0) is 22.6 Å². The van der Waals surface area contributed by atoms with Crippen LogP contribution in [0, 0.1) is 6.92 Å². The van der Waals surface area contributed by atoms with Crippen LogP contribution >= 0.6 is 0 Å². The molecule has 3 rings (SSSR count). The summed E-state index contributed by atoms with van der Waals surface area (Å²) in [5, 5.41) is 3.07. The Morgan fingerprint density at radius 1 is 0.853 bits per heavy atom. The first-order chi connectivity index (χ1) is 16.2. The fourth-order valence-electron chi connectivity index (χ4n) is 3.65. The average molecular weight is 459 g/mol. The number of amides is 2. The first-order valence-corrected chi connectivity index (χ1v) is 11.6. The van der Waals surface area contributed by atoms with E-state index in [4.69, 9.17) is 4.74 Å². The van der Waals surface area contributed by atoms with Gasteiger partial charge in [0.15, 0.2) is 6.61 Å². The highest BCUT2D eigenvalue weighted by Gasteiger charge is 2.32. The Balaban J connectivity index is 1.89. The minimum Gasteiger partial charge on any atom is -0.484 e. The number of nitrogens with one attached hydrogen (secondary N) is 1. The third kappa shape index (κ3) is 7.77. The molecule has 178 valence electrons. The highest BCUT2D eigenvalue weighted by molar-refractivity contribution is 5.89. The molecular weight excluding hydrogens is 424 g/mol. The van der Waals surface area contributed by atoms with Gasteiger partial charge in [0.1, 0.15) is 11.8 Å². The monoisotopic (exact) mass is 458 g/mol. The Hall–Kier alpha value is -3.60. The minimum atomic E-state index is -0.684. The summed E-state index contributed by atoms with van der Waals surface area (Å²) in [6.07, 6.45) is 0.409. The number of aryl methyl sites for hydroxylation is 1. The maximum atomic E-state index is 13.5. The Kier molecular flexibility index (Phi) is 8.47. The largest absolute Gasteiger partial charge is 0.484 e. The average Bonchev–Trinajstić information content (AvgIpc) is 2.81. The van der Waals surface area contributed by atoms with E-state index in [1.165, 1.54) is 0 Å². The molecule has 1 atom stereocenters. The lowest BCUT2D eigenvalue weighted by atomic mass is 10.0. The second-order valence-electron chi connectivity index (χ2n) is 9.55. The lowest BCUT2D eigenvalue weighted by molar-refractivity contribution is -0.143. The molecule has 2 amide bonds. The predicted molar refractivity (Wildman–Crippen MR) is 135 cm³/mol. The van der Waals surface area contributed by atoms with Crippen molar-refractivity contribution in [3.05, 3.63) is 102 Å². The molecule has 0 radical (unpaired) electrons. The summed E-state index contributed by atoms with van der Waals surface area (Å²) >= 11 is 0. The smallest absolute Gasteiger partial charge is 0.261 e. The van der Waals surface area contributed by atoms with Crippen LogP contribution in [0.25, 0.3) is 0 Å². The Labute approximate surface area is 202 Å². The standard InChI is InChI=1S/C29H34N2O3/c1-22-15-17-25(18-16-22)34-21-27(32)31(20-24-13-9-6-10-14-24)26(28(33)30-29(2,3)4)19-23-11-7-5-8-12-23/h5-18,26H,19-21H2,1-4H3,(H,30,33)/t26-/m1/s1. The molecule has 0 unspecified atom stereocenters. The molecule has 0 saturated carbocycles. The van der Waals surface area contributed by atoms with Crippen LogP contribution in [0.3, 0.4) is 0 Å². The van der Waals surface area contributed by atoms with Gasteiger partial charge in [0, 0.05) is 18.5 Å². The third-order valence-corrected chi connectivity index (χ3v) is 5.35. The molecule has 3 aromatic rings. The highest BCUT2D eigenvalue weighted by atomic mass is 16.5. The van der Waals surface area contributed by atoms with E-state index in [1.54, 1.807) is 4.90 Å². The van der Waals surface area contributed by atoms with Gasteiger partial charge in [-0.05, 0) is 51.0 Å². The van der Waals surface area contributed by atoms with E-state index in [9.17, 15) is 9.59 Å². The van der Waals surface area contributed by atoms with Crippen LogP contribution in [0.15, 0.2) is 84.9 Å². The molecule has 0 fully saturated rings. The first kappa shape index (κ1) is 25.0. The number of rotatable bonds is 9. The van der Waals surface area contributed by atoms with Gasteiger partial charge >= 0.3 is 0 Å². The van der Waals surface area contributed by atoms with Gasteiger partial charge in [0.05, 0.1) is 0 Å². The van der Waals surface area contributed by atoms with Crippen LogP contribution in [0.4, 0.5) is 0 Å². The molecule has 0 aromatic heterocycles. The van der Waals surface area contributed by atoms with Crippen LogP contribution in [0.1, 0.15) is 37.5 Å². The number of carbonyl (C=O) groups is 2. The second-order valence-corrected chi connectivity index (χ2v) is 9.55. The maximum Gasteiger partial charge on any atom is 0.261 e. The van der Waals surface area contributed by atoms with E-state index in [2.05, 4.69) is 5.32 Å². The van der Waals surface area contributed by atoms with E-state index in [0.717, 1.165) is 16.7 Å². The summed E-state index contributed by atoms with van der Waals surface area (Å²) in [6.45, 7) is 7.98. The minimum absolute atomic E-state index is 0.149. The van der Waals surface area contributed by atoms with Crippen molar-refractivity contribution in [1.29, 1.82) is 0 Å². The van der Waals surface area contributed by atoms with Crippen LogP contribution in [0.2, 0.25) is 0 Å². The molecule has 0 aliphatic heterocycles. The number of benzene rings is 3. The van der Waals surface area contributed by atoms with E-state index in [1.807, 2.05) is 113 Å². The molecule has 0 saturated heterocycles. The van der Waals surface area contributed by atoms with E-state index in [0.29, 0.717) is 18.7 Å². The van der Waals surface area contributed by atoms with Crippen LogP contribution < -0.4 is 10.1 Å². The number of hydrogen-bond acceptors (Lipinski definition) is 3. The normalized spacial score (nSPS) is 12.0. The van der Waals surface area contributed by atoms with Gasteiger partial charge < -0.3 is 15.0 Å². The molecule has 5 nitrogen and oxygen atoms in total. The van der Waals surface area contributed by atoms with E-state index in [-0.39, 0.29) is 18.4 Å². The van der Waals surface area contributed by atoms with Crippen molar-refractivity contribution in [3.63, 3.8) is 0 Å². The van der Waals surface area contributed by atoms with Crippen molar-refractivity contribution in [1.82, 2.24) is 10.2 Å². The van der Waals surface area contributed by atoms with Crippen molar-refractivity contribution < 1.29 is 14.3 Å². The summed E-state index contributed by atoms with van der Waals surface area (Å²) < 4.78 is 5.80. The lowest BCUT2D eigenvalue weighted by Gasteiger charge is -2.33. The Morgan fingerprint density at radius 2 is 1.41 bits per heavy atom. The zero-order valence-electron chi connectivity index (χ0n) is 20.5. The summed E-state index contributed by atoms with van der Waals surface area (Å²) in [4.78, 5) is 28.6. The van der Waals surface area contributed by atoms with Crippen LogP contribution in [0.5, 0.6) is 5.75 Å². The SMILES string of the molecule is Cc1ccc(OCC(=O)N(Cc2ccccc2)[C@H](Cc2ccccc2)C(=O)NC(C)(C)C)cc1. The molecule has 34 heavy (non-hydrogen) atoms. The molecule has 0 aliphatic carbocycles. The fraction of sp³-hybridized carbons (Fsp3) is 0.310. The van der Waals surface area contributed by atoms with Crippen LogP contribution in [-0.4, -0.2) is 34.9 Å². The predicted octanol–water partition coefficient (Wildman–Crippen LogP) is 4.93. The third-order valence-electron chi connectivity index (χ3n) is 5.35. The molecule has 1 N–H and O–H groups in total. The van der Waals surface area contributed by atoms with Crippen molar-refractivity contribution >= 4 is 11.8 Å². The summed E-state index contributed by atoms with van der Waals surface area (Å²) in [7, 11) is 0. The highest BCUT2D eigenvalue weighted by Crippen LogP contribution is 2.17. The quantitative estimate of drug-likeness (QED) is 0.495. The fourth-order valence-corrected chi connectivity index (χ4v) is 3.65. The topological polar surface area (TPSA) is 58.6 Å². The van der Waals surface area contributed by atoms with Gasteiger partial charge in [0.25, 0.3) is 5.91 Å². The van der Waals surface area contributed by atoms with Gasteiger partial charge in [-0.2, -0.15) is 0 Å². The van der Waals surface area contributed by atoms with Crippen molar-refractivity contribution in [3.8, 4) is 5.75 Å². The van der Waals surface area contributed by atoms with Crippen molar-refractivity contribution in [2.45, 2.75) is 52.2 Å². The lowest BCUT2D eigenvalue weighted by Crippen LogP contribution is -2.55. The molecule has 0 spiro atoms. The van der Waals surface area contributed by atoms with Gasteiger partial charge in [0.2, 0.25) is 5.91 Å². The zero-order chi connectivity index (χ0) is 24.6. The number of carbonyl (C=O) groups excluding carboxylic acids is 2. The zero-order valence-corrected chi connectivity index (χ0v) is 20.5. The van der Waals surface area contributed by atoms with Crippen molar-refractivity contribution in [2.75, 3.05) is 6.61 Å². The second kappa shape index (κ2) is 11.5. The number of nitrogens with zero attached hydrogens (tertiary/aromatic N) is 1. The summed E-state index contributed by atoms with van der Waals surface area (Å²) in [5.74, 6) is 0.197. The summed E-state index contributed by atoms with van der Waals surface area (Å²) in [5.41, 5.74) is 2.63. The molecule has 5 heteroatoms. The van der Waals surface area contributed by atoms with E-state index < -0.39 is 11.6 Å². The van der Waals surface area contributed by atoms with Gasteiger partial charge in [-0.25, -0.2) is 0 Å². The molecule has 0 bridgehead atoms. The molecule has 3 aromatic carbocycles. The van der Waals surface area contributed by atoms with Crippen molar-refractivity contribution in [2.24, 2.45) is 0 Å². The van der Waals surface area contributed by atoms with E-state index >= 15 is 0 Å². The number of ether oxygens (including phenoxy) is 1.